The van der Waals surface area contributed by atoms with Crippen molar-refractivity contribution >= 4 is 11.9 Å². The van der Waals surface area contributed by atoms with Crippen LogP contribution in [-0.2, 0) is 19.1 Å². The van der Waals surface area contributed by atoms with E-state index in [9.17, 15) is 9.59 Å². The van der Waals surface area contributed by atoms with Gasteiger partial charge in [-0.05, 0) is 94.7 Å². The third kappa shape index (κ3) is 31.3. The smallest absolute Gasteiger partial charge is 0.305 e. The van der Waals surface area contributed by atoms with Crippen LogP contribution in [0.3, 0.4) is 0 Å². The Hall–Kier alpha value is -2.02. The van der Waals surface area contributed by atoms with E-state index in [1.165, 1.54) is 103 Å². The highest BCUT2D eigenvalue weighted by Gasteiger charge is 2.12. The molecule has 0 heterocycles. The van der Waals surface area contributed by atoms with Crippen LogP contribution in [0.2, 0.25) is 0 Å². The lowest BCUT2D eigenvalue weighted by Crippen LogP contribution is -2.25. The topological polar surface area (TPSA) is 55.8 Å². The van der Waals surface area contributed by atoms with Crippen LogP contribution in [0.4, 0.5) is 0 Å². The molecule has 0 N–H and O–H groups in total. The number of nitrogens with zero attached hydrogens (tertiary/aromatic N) is 1. The van der Waals surface area contributed by atoms with Crippen LogP contribution in [0.1, 0.15) is 182 Å². The lowest BCUT2D eigenvalue weighted by Gasteiger charge is -2.23. The molecule has 0 bridgehead atoms. The molecule has 5 nitrogen and oxygen atoms in total. The number of esters is 2. The Bertz CT molecular complexity index is 881. The van der Waals surface area contributed by atoms with E-state index in [0.717, 1.165) is 57.4 Å². The van der Waals surface area contributed by atoms with Crippen LogP contribution in [0, 0.1) is 17.8 Å². The van der Waals surface area contributed by atoms with Crippen molar-refractivity contribution in [2.24, 2.45) is 17.8 Å². The molecular formula is C43H77NO4. The highest BCUT2D eigenvalue weighted by molar-refractivity contribution is 5.69. The van der Waals surface area contributed by atoms with Crippen LogP contribution >= 0.6 is 0 Å². The number of unbranched alkanes of at least 4 members (excludes halogenated alkanes) is 12. The van der Waals surface area contributed by atoms with Crippen molar-refractivity contribution in [3.8, 4) is 0 Å². The van der Waals surface area contributed by atoms with Gasteiger partial charge < -0.3 is 14.4 Å². The number of ether oxygens (including phenoxy) is 2. The van der Waals surface area contributed by atoms with Crippen LogP contribution in [0.15, 0.2) is 29.8 Å². The summed E-state index contributed by atoms with van der Waals surface area (Å²) in [7, 11) is 2.24. The Labute approximate surface area is 298 Å². The molecule has 0 radical (unpaired) electrons. The number of carbonyl (C=O) groups is 2. The molecule has 0 aromatic rings. The zero-order chi connectivity index (χ0) is 35.5. The summed E-state index contributed by atoms with van der Waals surface area (Å²) in [6.07, 6.45) is 28.9. The van der Waals surface area contributed by atoms with Gasteiger partial charge in [-0.3, -0.25) is 9.59 Å². The molecule has 0 amide bonds. The van der Waals surface area contributed by atoms with Crippen molar-refractivity contribution < 1.29 is 19.1 Å². The van der Waals surface area contributed by atoms with Crippen LogP contribution < -0.4 is 0 Å². The Morgan fingerprint density at radius 3 is 1.71 bits per heavy atom. The van der Waals surface area contributed by atoms with Gasteiger partial charge in [0.25, 0.3) is 0 Å². The van der Waals surface area contributed by atoms with Gasteiger partial charge in [-0.1, -0.05) is 135 Å². The molecule has 3 unspecified atom stereocenters. The fourth-order valence-corrected chi connectivity index (χ4v) is 6.27. The van der Waals surface area contributed by atoms with Crippen LogP contribution in [0.25, 0.3) is 0 Å². The molecule has 48 heavy (non-hydrogen) atoms. The average Bonchev–Trinajstić information content (AvgIpc) is 3.07. The Morgan fingerprint density at radius 2 is 1.17 bits per heavy atom. The molecule has 3 atom stereocenters. The Kier molecular flexibility index (Phi) is 33.4. The predicted molar refractivity (Wildman–Crippen MR) is 204 cm³/mol. The summed E-state index contributed by atoms with van der Waals surface area (Å²) in [5.41, 5.74) is 8.39. The minimum absolute atomic E-state index is 0.0142. The zero-order valence-electron chi connectivity index (χ0n) is 32.4. The van der Waals surface area contributed by atoms with Crippen molar-refractivity contribution in [1.29, 1.82) is 0 Å². The first-order valence-electron chi connectivity index (χ1n) is 20.2. The maximum Gasteiger partial charge on any atom is 0.305 e. The monoisotopic (exact) mass is 672 g/mol. The van der Waals surface area contributed by atoms with Gasteiger partial charge >= 0.3 is 11.9 Å². The second-order valence-electron chi connectivity index (χ2n) is 14.3. The van der Waals surface area contributed by atoms with Crippen molar-refractivity contribution in [1.82, 2.24) is 4.90 Å². The Morgan fingerprint density at radius 1 is 0.667 bits per heavy atom. The van der Waals surface area contributed by atoms with Gasteiger partial charge in [0.2, 0.25) is 0 Å². The van der Waals surface area contributed by atoms with E-state index < -0.39 is 0 Å². The molecule has 0 aliphatic carbocycles. The molecule has 0 fully saturated rings. The first kappa shape index (κ1) is 46.0. The van der Waals surface area contributed by atoms with Crippen molar-refractivity contribution in [3.05, 3.63) is 29.8 Å². The Balaban J connectivity index is 4.03. The van der Waals surface area contributed by atoms with Gasteiger partial charge in [-0.15, -0.1) is 0 Å². The molecule has 5 heteroatoms. The highest BCUT2D eigenvalue weighted by Crippen LogP contribution is 2.21. The summed E-state index contributed by atoms with van der Waals surface area (Å²) in [5.74, 6) is 1.69. The molecular weight excluding hydrogens is 594 g/mol. The van der Waals surface area contributed by atoms with E-state index in [1.807, 2.05) is 6.08 Å². The fraction of sp³-hybridized carbons (Fsp3) is 0.837. The van der Waals surface area contributed by atoms with E-state index in [4.69, 9.17) is 9.47 Å². The molecule has 0 rings (SSSR count). The van der Waals surface area contributed by atoms with E-state index >= 15 is 0 Å². The van der Waals surface area contributed by atoms with Gasteiger partial charge in [0.15, 0.2) is 0 Å². The third-order valence-corrected chi connectivity index (χ3v) is 9.68. The third-order valence-electron chi connectivity index (χ3n) is 9.68. The second kappa shape index (κ2) is 34.8. The first-order chi connectivity index (χ1) is 23.4. The number of allylic oxidation sites excluding steroid dienone is 1. The summed E-state index contributed by atoms with van der Waals surface area (Å²) in [4.78, 5) is 26.8. The quantitative estimate of drug-likeness (QED) is 0.0387. The molecule has 0 aromatic carbocycles. The second-order valence-corrected chi connectivity index (χ2v) is 14.3. The zero-order valence-corrected chi connectivity index (χ0v) is 32.4. The predicted octanol–water partition coefficient (Wildman–Crippen LogP) is 11.9. The number of hydrogen-bond donors (Lipinski definition) is 0. The number of hydrogen-bond acceptors (Lipinski definition) is 5. The summed E-state index contributed by atoms with van der Waals surface area (Å²) in [6, 6.07) is 0. The van der Waals surface area contributed by atoms with E-state index in [-0.39, 0.29) is 11.9 Å². The molecule has 0 aliphatic heterocycles. The van der Waals surface area contributed by atoms with Crippen LogP contribution in [0.5, 0.6) is 0 Å². The van der Waals surface area contributed by atoms with Crippen molar-refractivity contribution in [2.45, 2.75) is 182 Å². The van der Waals surface area contributed by atoms with Gasteiger partial charge in [-0.2, -0.15) is 0 Å². The molecule has 0 spiro atoms. The molecule has 0 saturated heterocycles. The maximum atomic E-state index is 12.3. The summed E-state index contributed by atoms with van der Waals surface area (Å²) in [5, 5.41) is 0. The van der Waals surface area contributed by atoms with Crippen LogP contribution in [-0.4, -0.2) is 50.2 Å². The lowest BCUT2D eigenvalue weighted by molar-refractivity contribution is -0.145. The maximum absolute atomic E-state index is 12.3. The minimum Gasteiger partial charge on any atom is -0.466 e. The summed E-state index contributed by atoms with van der Waals surface area (Å²) < 4.78 is 11.0. The molecule has 0 saturated carbocycles. The minimum atomic E-state index is -0.0615. The fourth-order valence-electron chi connectivity index (χ4n) is 6.27. The largest absolute Gasteiger partial charge is 0.466 e. The van der Waals surface area contributed by atoms with Gasteiger partial charge in [0.1, 0.15) is 0 Å². The SMILES string of the molecule is C=C=C=C=CC(CCCCC)CCOC(=O)CCCCCCCC(CCCCCCCC(=O)OCCC(C)CCCCC)CN(C)CC. The van der Waals surface area contributed by atoms with Gasteiger partial charge in [0.05, 0.1) is 13.2 Å². The number of rotatable bonds is 34. The summed E-state index contributed by atoms with van der Waals surface area (Å²) in [6.45, 7) is 15.8. The van der Waals surface area contributed by atoms with Gasteiger partial charge in [-0.25, -0.2) is 0 Å². The van der Waals surface area contributed by atoms with E-state index in [0.29, 0.717) is 37.9 Å². The highest BCUT2D eigenvalue weighted by atomic mass is 16.5. The first-order valence-corrected chi connectivity index (χ1v) is 20.2. The average molecular weight is 672 g/mol. The standard InChI is InChI=1S/C43H77NO4/c1-7-11-20-27-39(5)34-36-47-42(45)32-25-18-14-16-23-30-41(38-44(6)10-4)31-24-17-15-19-26-33-43(46)48-37-35-40(28-21-12-8-2)29-22-13-9-3/h28,39-41H,2,7,9-11,13-20,22-27,29-38H2,1,3-6H3. The van der Waals surface area contributed by atoms with Crippen molar-refractivity contribution in [2.75, 3.05) is 33.4 Å². The molecule has 278 valence electrons. The summed E-state index contributed by atoms with van der Waals surface area (Å²) >= 11 is 0. The molecule has 0 aromatic heterocycles. The van der Waals surface area contributed by atoms with Gasteiger partial charge in [0, 0.05) is 19.4 Å². The van der Waals surface area contributed by atoms with E-state index in [1.54, 1.807) is 0 Å². The van der Waals surface area contributed by atoms with Crippen molar-refractivity contribution in [3.63, 3.8) is 0 Å². The normalized spacial score (nSPS) is 12.9. The number of carbonyl (C=O) groups excluding carboxylic acids is 2. The molecule has 0 aliphatic rings. The lowest BCUT2D eigenvalue weighted by atomic mass is 9.93. The van der Waals surface area contributed by atoms with E-state index in [2.05, 4.69) is 63.4 Å².